The van der Waals surface area contributed by atoms with E-state index in [2.05, 4.69) is 22.4 Å². The van der Waals surface area contributed by atoms with Crippen LogP contribution in [0.3, 0.4) is 0 Å². The molecule has 0 unspecified atom stereocenters. The first kappa shape index (κ1) is 21.1. The second kappa shape index (κ2) is 9.41. The molecular weight excluding hydrogens is 413 g/mol. The Labute approximate surface area is 193 Å². The Morgan fingerprint density at radius 3 is 2.55 bits per heavy atom. The summed E-state index contributed by atoms with van der Waals surface area (Å²) in [5.41, 5.74) is 3.64. The van der Waals surface area contributed by atoms with Crippen LogP contribution in [-0.4, -0.2) is 15.5 Å². The Bertz CT molecular complexity index is 1240. The highest BCUT2D eigenvalue weighted by Crippen LogP contribution is 2.29. The van der Waals surface area contributed by atoms with Gasteiger partial charge in [-0.25, -0.2) is 9.37 Å². The normalized spacial score (nSPS) is 16.1. The molecule has 1 N–H and O–H groups in total. The number of aryl methyl sites for hydroxylation is 1. The van der Waals surface area contributed by atoms with E-state index in [-0.39, 0.29) is 23.7 Å². The van der Waals surface area contributed by atoms with E-state index in [0.717, 1.165) is 35.4 Å². The van der Waals surface area contributed by atoms with Crippen molar-refractivity contribution in [3.63, 3.8) is 0 Å². The lowest BCUT2D eigenvalue weighted by Crippen LogP contribution is -2.30. The number of amides is 1. The number of carbonyl (C=O) groups is 1. The summed E-state index contributed by atoms with van der Waals surface area (Å²) >= 11 is 0. The monoisotopic (exact) mass is 439 g/mol. The number of nitrogens with one attached hydrogen (secondary N) is 1. The summed E-state index contributed by atoms with van der Waals surface area (Å²) < 4.78 is 15.7. The Kier molecular flexibility index (Phi) is 6.03. The van der Waals surface area contributed by atoms with Crippen molar-refractivity contribution in [1.82, 2.24) is 14.9 Å². The number of imidazole rings is 1. The van der Waals surface area contributed by atoms with Crippen LogP contribution in [0.25, 0.3) is 0 Å². The van der Waals surface area contributed by atoms with Crippen LogP contribution in [0.5, 0.6) is 0 Å². The van der Waals surface area contributed by atoms with E-state index >= 15 is 0 Å². The largest absolute Gasteiger partial charge is 0.344 e. The van der Waals surface area contributed by atoms with Crippen LogP contribution in [0.15, 0.2) is 91.1 Å². The minimum atomic E-state index is -0.214. The number of carbonyl (C=O) groups excluding carboxylic acids is 1. The predicted molar refractivity (Wildman–Crippen MR) is 126 cm³/mol. The molecular formula is C28H26FN3O. The fourth-order valence-electron chi connectivity index (χ4n) is 4.61. The van der Waals surface area contributed by atoms with Crippen LogP contribution < -0.4 is 5.32 Å². The molecule has 0 fully saturated rings. The molecule has 0 bridgehead atoms. The molecule has 0 aliphatic carbocycles. The minimum Gasteiger partial charge on any atom is -0.344 e. The molecule has 0 saturated carbocycles. The number of aromatic nitrogens is 2. The number of nitrogens with zero attached hydrogens (tertiary/aromatic N) is 2. The van der Waals surface area contributed by atoms with Gasteiger partial charge in [0, 0.05) is 25.1 Å². The molecule has 0 radical (unpaired) electrons. The van der Waals surface area contributed by atoms with E-state index in [9.17, 15) is 9.18 Å². The molecule has 1 amide bonds. The van der Waals surface area contributed by atoms with E-state index in [1.807, 2.05) is 65.4 Å². The summed E-state index contributed by atoms with van der Waals surface area (Å²) in [5, 5.41) is 3.19. The number of rotatable bonds is 6. The smallest absolute Gasteiger partial charge is 0.271 e. The molecule has 4 aromatic rings. The molecule has 1 aliphatic heterocycles. The third-order valence-electron chi connectivity index (χ3n) is 6.34. The first-order valence-corrected chi connectivity index (χ1v) is 11.4. The summed E-state index contributed by atoms with van der Waals surface area (Å²) in [6.45, 7) is 0.700. The van der Waals surface area contributed by atoms with Gasteiger partial charge in [-0.2, -0.15) is 0 Å². The second-order valence-corrected chi connectivity index (χ2v) is 8.61. The Hall–Kier alpha value is -3.73. The van der Waals surface area contributed by atoms with Gasteiger partial charge in [0.25, 0.3) is 5.91 Å². The van der Waals surface area contributed by atoms with Crippen molar-refractivity contribution in [3.8, 4) is 0 Å². The summed E-state index contributed by atoms with van der Waals surface area (Å²) in [7, 11) is 0. The van der Waals surface area contributed by atoms with Gasteiger partial charge in [-0.3, -0.25) is 4.79 Å². The van der Waals surface area contributed by atoms with Crippen LogP contribution >= 0.6 is 0 Å². The molecule has 3 aromatic carbocycles. The highest BCUT2D eigenvalue weighted by Gasteiger charge is 2.25. The van der Waals surface area contributed by atoms with Crippen LogP contribution in [0.1, 0.15) is 51.4 Å². The highest BCUT2D eigenvalue weighted by atomic mass is 19.1. The second-order valence-electron chi connectivity index (χ2n) is 8.61. The van der Waals surface area contributed by atoms with Gasteiger partial charge in [0.1, 0.15) is 17.3 Å². The molecule has 1 aliphatic rings. The molecule has 5 heteroatoms. The summed E-state index contributed by atoms with van der Waals surface area (Å²) in [6, 6.07) is 26.8. The molecule has 1 aromatic heterocycles. The van der Waals surface area contributed by atoms with E-state index < -0.39 is 0 Å². The van der Waals surface area contributed by atoms with Crippen molar-refractivity contribution < 1.29 is 9.18 Å². The Balaban J connectivity index is 1.34. The molecule has 2 heterocycles. The zero-order valence-corrected chi connectivity index (χ0v) is 18.3. The van der Waals surface area contributed by atoms with Crippen molar-refractivity contribution in [2.45, 2.75) is 37.8 Å². The van der Waals surface area contributed by atoms with Crippen LogP contribution in [0, 0.1) is 5.82 Å². The fraction of sp³-hybridized carbons (Fsp3) is 0.214. The molecule has 166 valence electrons. The van der Waals surface area contributed by atoms with Crippen molar-refractivity contribution >= 4 is 5.91 Å². The van der Waals surface area contributed by atoms with E-state index in [1.54, 1.807) is 12.1 Å². The maximum Gasteiger partial charge on any atom is 0.271 e. The lowest BCUT2D eigenvalue weighted by atomic mass is 9.91. The zero-order valence-electron chi connectivity index (χ0n) is 18.3. The maximum atomic E-state index is 13.7. The SMILES string of the molecule is O=C(N[C@H](Cc1ccccc1)c1ccccc1)c1cn2c(n1)CC[C@@H](c1cccc(F)c1)C2. The van der Waals surface area contributed by atoms with Gasteiger partial charge in [-0.15, -0.1) is 0 Å². The average molecular weight is 440 g/mol. The number of fused-ring (bicyclic) bond motifs is 1. The van der Waals surface area contributed by atoms with Crippen molar-refractivity contribution in [2.75, 3.05) is 0 Å². The van der Waals surface area contributed by atoms with Gasteiger partial charge < -0.3 is 9.88 Å². The van der Waals surface area contributed by atoms with E-state index in [1.165, 1.54) is 6.07 Å². The third-order valence-corrected chi connectivity index (χ3v) is 6.34. The standard InChI is InChI=1S/C28H26FN3O/c29-24-13-7-12-22(17-24)23-14-15-27-30-26(19-32(27)18-23)28(33)31-25(21-10-5-2-6-11-21)16-20-8-3-1-4-9-20/h1-13,17,19,23,25H,14-16,18H2,(H,31,33)/t23-,25-/m1/s1. The predicted octanol–water partition coefficient (Wildman–Crippen LogP) is 5.47. The molecule has 2 atom stereocenters. The zero-order chi connectivity index (χ0) is 22.6. The summed E-state index contributed by atoms with van der Waals surface area (Å²) in [4.78, 5) is 17.8. The molecule has 0 spiro atoms. The highest BCUT2D eigenvalue weighted by molar-refractivity contribution is 5.92. The van der Waals surface area contributed by atoms with Crippen LogP contribution in [0.2, 0.25) is 0 Å². The van der Waals surface area contributed by atoms with Gasteiger partial charge in [-0.05, 0) is 41.7 Å². The van der Waals surface area contributed by atoms with Crippen molar-refractivity contribution in [1.29, 1.82) is 0 Å². The average Bonchev–Trinajstić information content (AvgIpc) is 3.28. The number of benzene rings is 3. The minimum absolute atomic E-state index is 0.153. The first-order valence-electron chi connectivity index (χ1n) is 11.4. The quantitative estimate of drug-likeness (QED) is 0.433. The Morgan fingerprint density at radius 2 is 1.79 bits per heavy atom. The Morgan fingerprint density at radius 1 is 1.03 bits per heavy atom. The summed E-state index contributed by atoms with van der Waals surface area (Å²) in [6.07, 6.45) is 4.19. The number of hydrogen-bond donors (Lipinski definition) is 1. The van der Waals surface area contributed by atoms with Gasteiger partial charge in [0.05, 0.1) is 6.04 Å². The van der Waals surface area contributed by atoms with Gasteiger partial charge in [0.15, 0.2) is 0 Å². The number of hydrogen-bond acceptors (Lipinski definition) is 2. The van der Waals surface area contributed by atoms with Gasteiger partial charge in [-0.1, -0.05) is 72.8 Å². The third kappa shape index (κ3) is 4.87. The van der Waals surface area contributed by atoms with E-state index in [0.29, 0.717) is 18.7 Å². The molecule has 33 heavy (non-hydrogen) atoms. The lowest BCUT2D eigenvalue weighted by Gasteiger charge is -2.24. The van der Waals surface area contributed by atoms with Crippen molar-refractivity contribution in [2.24, 2.45) is 0 Å². The lowest BCUT2D eigenvalue weighted by molar-refractivity contribution is 0.0931. The van der Waals surface area contributed by atoms with Crippen molar-refractivity contribution in [3.05, 3.63) is 125 Å². The molecule has 0 saturated heterocycles. The maximum absolute atomic E-state index is 13.7. The van der Waals surface area contributed by atoms with Gasteiger partial charge >= 0.3 is 0 Å². The fourth-order valence-corrected chi connectivity index (χ4v) is 4.61. The van der Waals surface area contributed by atoms with Crippen LogP contribution in [0.4, 0.5) is 4.39 Å². The van der Waals surface area contributed by atoms with E-state index in [4.69, 9.17) is 0 Å². The molecule has 4 nitrogen and oxygen atoms in total. The number of halogens is 1. The van der Waals surface area contributed by atoms with Gasteiger partial charge in [0.2, 0.25) is 0 Å². The van der Waals surface area contributed by atoms with Crippen LogP contribution in [-0.2, 0) is 19.4 Å². The molecule has 5 rings (SSSR count). The first-order chi connectivity index (χ1) is 16.2. The topological polar surface area (TPSA) is 46.9 Å². The summed E-state index contributed by atoms with van der Waals surface area (Å²) in [5.74, 6) is 0.735.